The standard InChI is InChI=1S/C37H39F2N7O4.C32H31F2N7O2/c1-22-13-14-24(33(47)40-20-23-9-6-5-7-10-23)19-26(22)30-27-21-41-35(48)46(31-28(38)11-8-12-29(31)39)32(27)44-34(43-30)42-25-15-17-45(18-16-25)36(49)50-37(2,3)4;1-19-10-11-21(30(42)36-17-20-6-3-2-4-7-20)16-23(19)27-24-18-37-32(43)41(28-25(33)8-5-9-26(28)34)29(24)40-31(39-27)38-22-12-14-35-15-13-22/h5-14,19,25H,15-18,20-21H2,1-4H3,(H,40,47)(H,41,48)(H,42,43,44);2-11,16,22,35H,12-15,17-18H2,1H3,(H,36,42)(H,37,43)(H,38,39,40). The minimum atomic E-state index is -0.939. The number of aryl methyl sites for hydroxylation is 2. The maximum Gasteiger partial charge on any atom is 0.410 e. The number of anilines is 6. The first-order chi connectivity index (χ1) is 44.8. The lowest BCUT2D eigenvalue weighted by atomic mass is 9.97. The van der Waals surface area contributed by atoms with Crippen molar-refractivity contribution in [2.24, 2.45) is 0 Å². The molecular formula is C69H70F4N14O6. The normalized spacial score (nSPS) is 15.0. The summed E-state index contributed by atoms with van der Waals surface area (Å²) in [5, 5.41) is 21.3. The summed E-state index contributed by atoms with van der Waals surface area (Å²) in [6, 6.07) is 34.9. The summed E-state index contributed by atoms with van der Waals surface area (Å²) in [7, 11) is 0. The first-order valence-corrected chi connectivity index (χ1v) is 30.7. The minimum absolute atomic E-state index is 0.00905. The molecule has 6 heterocycles. The molecule has 0 unspecified atom stereocenters. The Kier molecular flexibility index (Phi) is 19.2. The summed E-state index contributed by atoms with van der Waals surface area (Å²) in [5.41, 5.74) is 5.59. The lowest BCUT2D eigenvalue weighted by Gasteiger charge is -2.34. The number of piperidine rings is 2. The molecule has 12 rings (SSSR count). The molecule has 0 bridgehead atoms. The molecule has 7 amide bonds. The van der Waals surface area contributed by atoms with Crippen LogP contribution in [-0.4, -0.2) is 98.7 Å². The van der Waals surface area contributed by atoms with Crippen molar-refractivity contribution in [2.75, 3.05) is 46.6 Å². The largest absolute Gasteiger partial charge is 0.444 e. The van der Waals surface area contributed by atoms with E-state index in [1.54, 1.807) is 35.2 Å². The van der Waals surface area contributed by atoms with E-state index in [2.05, 4.69) is 47.2 Å². The number of carbonyl (C=O) groups excluding carboxylic acids is 5. The number of nitrogens with one attached hydrogen (secondary N) is 7. The maximum atomic E-state index is 15.2. The Morgan fingerprint density at radius 3 is 1.37 bits per heavy atom. The van der Waals surface area contributed by atoms with E-state index in [1.165, 1.54) is 12.1 Å². The molecular weight excluding hydrogens is 1200 g/mol. The van der Waals surface area contributed by atoms with Crippen molar-refractivity contribution >= 4 is 64.9 Å². The Balaban J connectivity index is 0.000000192. The first-order valence-electron chi connectivity index (χ1n) is 30.7. The van der Waals surface area contributed by atoms with Crippen LogP contribution < -0.4 is 47.0 Å². The number of amides is 7. The Morgan fingerprint density at radius 2 is 0.957 bits per heavy atom. The van der Waals surface area contributed by atoms with Crippen LogP contribution in [0.4, 0.5) is 66.9 Å². The molecule has 0 saturated carbocycles. The van der Waals surface area contributed by atoms with Crippen LogP contribution in [0, 0.1) is 37.1 Å². The van der Waals surface area contributed by atoms with Crippen LogP contribution in [0.15, 0.2) is 133 Å². The first kappa shape index (κ1) is 64.1. The topological polar surface area (TPSA) is 240 Å². The van der Waals surface area contributed by atoms with Gasteiger partial charge in [0.25, 0.3) is 11.8 Å². The van der Waals surface area contributed by atoms with Crippen molar-refractivity contribution in [2.45, 2.75) is 104 Å². The number of fused-ring (bicyclic) bond motifs is 2. The fourth-order valence-electron chi connectivity index (χ4n) is 11.4. The van der Waals surface area contributed by atoms with Crippen molar-refractivity contribution in [3.63, 3.8) is 0 Å². The second kappa shape index (κ2) is 27.9. The molecule has 8 aromatic rings. The van der Waals surface area contributed by atoms with E-state index in [0.29, 0.717) is 83.8 Å². The van der Waals surface area contributed by atoms with Gasteiger partial charge in [0, 0.05) is 71.6 Å². The van der Waals surface area contributed by atoms with Crippen molar-refractivity contribution < 1.29 is 46.3 Å². The van der Waals surface area contributed by atoms with Gasteiger partial charge in [-0.15, -0.1) is 0 Å². The van der Waals surface area contributed by atoms with Gasteiger partial charge in [-0.1, -0.05) is 84.9 Å². The molecule has 4 aliphatic heterocycles. The van der Waals surface area contributed by atoms with Gasteiger partial charge < -0.3 is 46.9 Å². The highest BCUT2D eigenvalue weighted by molar-refractivity contribution is 6.04. The molecule has 93 heavy (non-hydrogen) atoms. The summed E-state index contributed by atoms with van der Waals surface area (Å²) in [4.78, 5) is 88.1. The fraction of sp³-hybridized carbons (Fsp3) is 0.290. The molecule has 4 aliphatic rings. The van der Waals surface area contributed by atoms with Crippen LogP contribution in [0.25, 0.3) is 22.5 Å². The van der Waals surface area contributed by atoms with Gasteiger partial charge in [-0.3, -0.25) is 9.59 Å². The number of halogens is 4. The average molecular weight is 1270 g/mol. The van der Waals surface area contributed by atoms with E-state index in [0.717, 1.165) is 82.3 Å². The van der Waals surface area contributed by atoms with Crippen LogP contribution in [-0.2, 0) is 30.9 Å². The highest BCUT2D eigenvalue weighted by atomic mass is 19.1. The van der Waals surface area contributed by atoms with Crippen molar-refractivity contribution in [1.82, 2.24) is 51.4 Å². The van der Waals surface area contributed by atoms with Gasteiger partial charge in [0.05, 0.1) is 24.5 Å². The van der Waals surface area contributed by atoms with Crippen molar-refractivity contribution in [1.29, 1.82) is 0 Å². The summed E-state index contributed by atoms with van der Waals surface area (Å²) in [6.45, 7) is 12.4. The van der Waals surface area contributed by atoms with Crippen molar-refractivity contribution in [3.8, 4) is 22.5 Å². The zero-order valence-corrected chi connectivity index (χ0v) is 51.9. The van der Waals surface area contributed by atoms with Gasteiger partial charge in [0.1, 0.15) is 40.2 Å². The molecule has 2 fully saturated rings. The summed E-state index contributed by atoms with van der Waals surface area (Å²) in [5.74, 6) is -3.78. The summed E-state index contributed by atoms with van der Waals surface area (Å²) >= 11 is 0. The highest BCUT2D eigenvalue weighted by Gasteiger charge is 2.37. The highest BCUT2D eigenvalue weighted by Crippen LogP contribution is 2.42. The van der Waals surface area contributed by atoms with Crippen LogP contribution >= 0.6 is 0 Å². The van der Waals surface area contributed by atoms with Crippen LogP contribution in [0.5, 0.6) is 0 Å². The lowest BCUT2D eigenvalue weighted by molar-refractivity contribution is 0.0210. The minimum Gasteiger partial charge on any atom is -0.444 e. The number of rotatable bonds is 14. The molecule has 7 N–H and O–H groups in total. The molecule has 0 spiro atoms. The lowest BCUT2D eigenvalue weighted by Crippen LogP contribution is -2.45. The number of para-hydroxylation sites is 2. The van der Waals surface area contributed by atoms with E-state index in [4.69, 9.17) is 14.7 Å². The Labute approximate surface area is 535 Å². The predicted octanol–water partition coefficient (Wildman–Crippen LogP) is 12.0. The van der Waals surface area contributed by atoms with E-state index in [1.807, 2.05) is 101 Å². The molecule has 24 heteroatoms. The zero-order valence-electron chi connectivity index (χ0n) is 51.9. The molecule has 0 radical (unpaired) electrons. The quantitative estimate of drug-likeness (QED) is 0.0502. The molecule has 480 valence electrons. The van der Waals surface area contributed by atoms with Crippen LogP contribution in [0.3, 0.4) is 0 Å². The summed E-state index contributed by atoms with van der Waals surface area (Å²) < 4.78 is 66.0. The smallest absolute Gasteiger partial charge is 0.410 e. The number of hydrogen-bond donors (Lipinski definition) is 7. The maximum absolute atomic E-state index is 15.2. The number of likely N-dealkylation sites (tertiary alicyclic amines) is 1. The van der Waals surface area contributed by atoms with E-state index in [-0.39, 0.29) is 66.6 Å². The Morgan fingerprint density at radius 1 is 0.548 bits per heavy atom. The zero-order chi connectivity index (χ0) is 65.5. The third-order valence-corrected chi connectivity index (χ3v) is 16.2. The van der Waals surface area contributed by atoms with E-state index in [9.17, 15) is 24.0 Å². The number of benzene rings is 6. The molecule has 2 saturated heterocycles. The number of nitrogens with zero attached hydrogens (tertiary/aromatic N) is 7. The molecule has 0 aliphatic carbocycles. The Hall–Kier alpha value is -10.5. The van der Waals surface area contributed by atoms with Crippen LogP contribution in [0.1, 0.15) is 101 Å². The van der Waals surface area contributed by atoms with E-state index < -0.39 is 52.3 Å². The number of ether oxygens (including phenoxy) is 1. The molecule has 6 aromatic carbocycles. The fourth-order valence-corrected chi connectivity index (χ4v) is 11.4. The second-order valence-corrected chi connectivity index (χ2v) is 24.0. The predicted molar refractivity (Wildman–Crippen MR) is 345 cm³/mol. The second-order valence-electron chi connectivity index (χ2n) is 24.0. The molecule has 0 atom stereocenters. The number of carbonyl (C=O) groups is 5. The molecule has 2 aromatic heterocycles. The van der Waals surface area contributed by atoms with Gasteiger partial charge in [-0.2, -0.15) is 9.97 Å². The van der Waals surface area contributed by atoms with Gasteiger partial charge in [0.15, 0.2) is 11.6 Å². The monoisotopic (exact) mass is 1270 g/mol. The van der Waals surface area contributed by atoms with Gasteiger partial charge in [-0.05, 0) is 144 Å². The Bertz CT molecular complexity index is 4090. The number of hydrogen-bond acceptors (Lipinski definition) is 13. The third-order valence-electron chi connectivity index (χ3n) is 16.2. The van der Waals surface area contributed by atoms with Gasteiger partial charge in [-0.25, -0.2) is 51.7 Å². The number of aromatic nitrogens is 4. The van der Waals surface area contributed by atoms with Crippen molar-refractivity contribution in [3.05, 3.63) is 201 Å². The molecule has 20 nitrogen and oxygen atoms in total. The average Bonchev–Trinajstić information content (AvgIpc) is 0.911. The van der Waals surface area contributed by atoms with Crippen LogP contribution in [0.2, 0.25) is 0 Å². The SMILES string of the molecule is Cc1ccc(C(=O)NCc2ccccc2)cc1-c1nc(NC2CCN(C(=O)OC(C)(C)C)CC2)nc2c1CNC(=O)N2c1c(F)cccc1F.Cc1ccc(C(=O)NCc2ccccc2)cc1-c1nc(NC2CCNCC2)nc2c1CNC(=O)N2c1c(F)cccc1F. The summed E-state index contributed by atoms with van der Waals surface area (Å²) in [6.07, 6.45) is 2.38. The van der Waals surface area contributed by atoms with E-state index >= 15 is 17.6 Å². The van der Waals surface area contributed by atoms with Gasteiger partial charge >= 0.3 is 18.2 Å². The van der Waals surface area contributed by atoms with Gasteiger partial charge in [0.2, 0.25) is 11.9 Å². The number of urea groups is 2. The third kappa shape index (κ3) is 14.8.